The van der Waals surface area contributed by atoms with E-state index in [0.717, 1.165) is 32.2 Å². The molecule has 22 heavy (non-hydrogen) atoms. The molecule has 3 rings (SSSR count). The number of nitrogens with zero attached hydrogens (tertiary/aromatic N) is 1. The second-order valence-electron chi connectivity index (χ2n) is 8.04. The zero-order valence-corrected chi connectivity index (χ0v) is 14.2. The normalized spacial score (nSPS) is 32.5. The van der Waals surface area contributed by atoms with E-state index in [-0.39, 0.29) is 29.2 Å². The molecule has 1 N–H and O–H groups in total. The van der Waals surface area contributed by atoms with Crippen LogP contribution in [0.4, 0.5) is 0 Å². The summed E-state index contributed by atoms with van der Waals surface area (Å²) in [6.45, 7) is 9.22. The molecule has 2 aliphatic carbocycles. The molecular weight excluding hydrogens is 276 g/mol. The highest BCUT2D eigenvalue weighted by Crippen LogP contribution is 2.60. The van der Waals surface area contributed by atoms with Crippen molar-refractivity contribution in [3.63, 3.8) is 0 Å². The molecule has 4 heteroatoms. The summed E-state index contributed by atoms with van der Waals surface area (Å²) in [6, 6.07) is 0.123. The van der Waals surface area contributed by atoms with Crippen molar-refractivity contribution in [2.45, 2.75) is 65.5 Å². The average Bonchev–Trinajstić information content (AvgIpc) is 3.24. The molecule has 0 radical (unpaired) electrons. The zero-order chi connectivity index (χ0) is 16.1. The van der Waals surface area contributed by atoms with Crippen molar-refractivity contribution in [1.29, 1.82) is 0 Å². The SMILES string of the molecule is CC(C)=C[C@@H]1[C@H](C(=O)N2CCC[C@@H]2C(=O)NC2CC2)C1(C)C. The minimum atomic E-state index is -0.239. The third-order valence-electron chi connectivity index (χ3n) is 5.45. The molecule has 1 saturated heterocycles. The van der Waals surface area contributed by atoms with Crippen molar-refractivity contribution >= 4 is 11.8 Å². The van der Waals surface area contributed by atoms with Crippen molar-refractivity contribution in [2.75, 3.05) is 6.54 Å². The number of amides is 2. The molecule has 0 spiro atoms. The van der Waals surface area contributed by atoms with Gasteiger partial charge in [0.25, 0.3) is 0 Å². The summed E-state index contributed by atoms with van der Waals surface area (Å²) in [4.78, 5) is 27.2. The molecule has 3 fully saturated rings. The molecule has 2 amide bonds. The predicted molar refractivity (Wildman–Crippen MR) is 86.1 cm³/mol. The molecule has 0 aromatic rings. The standard InChI is InChI=1S/C18H28N2O2/c1-11(2)10-13-15(18(13,3)4)17(22)20-9-5-6-14(20)16(21)19-12-7-8-12/h10,12-15H,5-9H2,1-4H3,(H,19,21)/t13-,14-,15-/m1/s1. The topological polar surface area (TPSA) is 49.4 Å². The van der Waals surface area contributed by atoms with Crippen LogP contribution in [0.5, 0.6) is 0 Å². The fraction of sp³-hybridized carbons (Fsp3) is 0.778. The Morgan fingerprint density at radius 3 is 2.45 bits per heavy atom. The van der Waals surface area contributed by atoms with Crippen LogP contribution in [-0.4, -0.2) is 35.3 Å². The van der Waals surface area contributed by atoms with Crippen molar-refractivity contribution in [3.8, 4) is 0 Å². The molecule has 2 saturated carbocycles. The van der Waals surface area contributed by atoms with Crippen LogP contribution in [0.3, 0.4) is 0 Å². The van der Waals surface area contributed by atoms with Crippen LogP contribution in [-0.2, 0) is 9.59 Å². The van der Waals surface area contributed by atoms with Gasteiger partial charge in [0.2, 0.25) is 11.8 Å². The summed E-state index contributed by atoms with van der Waals surface area (Å²) < 4.78 is 0. The van der Waals surface area contributed by atoms with Gasteiger partial charge in [0.05, 0.1) is 5.92 Å². The first kappa shape index (κ1) is 15.6. The predicted octanol–water partition coefficient (Wildman–Crippen LogP) is 2.49. The summed E-state index contributed by atoms with van der Waals surface area (Å²) in [5.41, 5.74) is 1.28. The molecule has 1 aliphatic heterocycles. The maximum Gasteiger partial charge on any atom is 0.243 e. The lowest BCUT2D eigenvalue weighted by Gasteiger charge is -2.24. The zero-order valence-electron chi connectivity index (χ0n) is 14.2. The third kappa shape index (κ3) is 2.80. The minimum absolute atomic E-state index is 0.0223. The summed E-state index contributed by atoms with van der Waals surface area (Å²) in [6.07, 6.45) is 6.15. The van der Waals surface area contributed by atoms with Gasteiger partial charge in [-0.15, -0.1) is 0 Å². The molecular formula is C18H28N2O2. The molecule has 0 unspecified atom stereocenters. The number of allylic oxidation sites excluding steroid dienone is 2. The van der Waals surface area contributed by atoms with E-state index in [2.05, 4.69) is 39.1 Å². The van der Waals surface area contributed by atoms with Crippen molar-refractivity contribution in [3.05, 3.63) is 11.6 Å². The highest BCUT2D eigenvalue weighted by molar-refractivity contribution is 5.91. The lowest BCUT2D eigenvalue weighted by Crippen LogP contribution is -2.47. The van der Waals surface area contributed by atoms with E-state index in [1.54, 1.807) is 0 Å². The highest BCUT2D eigenvalue weighted by Gasteiger charge is 2.62. The summed E-state index contributed by atoms with van der Waals surface area (Å²) in [5.74, 6) is 0.598. The highest BCUT2D eigenvalue weighted by atomic mass is 16.2. The van der Waals surface area contributed by atoms with Crippen LogP contribution in [0.15, 0.2) is 11.6 Å². The number of likely N-dealkylation sites (tertiary alicyclic amines) is 1. The van der Waals surface area contributed by atoms with Gasteiger partial charge in [-0.2, -0.15) is 0 Å². The van der Waals surface area contributed by atoms with E-state index >= 15 is 0 Å². The van der Waals surface area contributed by atoms with Crippen LogP contribution in [0.1, 0.15) is 53.4 Å². The summed E-state index contributed by atoms with van der Waals surface area (Å²) in [5, 5.41) is 3.06. The van der Waals surface area contributed by atoms with E-state index < -0.39 is 0 Å². The smallest absolute Gasteiger partial charge is 0.243 e. The van der Waals surface area contributed by atoms with Crippen LogP contribution in [0.25, 0.3) is 0 Å². The second kappa shape index (κ2) is 5.39. The number of hydrogen-bond acceptors (Lipinski definition) is 2. The van der Waals surface area contributed by atoms with Gasteiger partial charge < -0.3 is 10.2 Å². The Hall–Kier alpha value is -1.32. The Balaban J connectivity index is 1.68. The van der Waals surface area contributed by atoms with Crippen LogP contribution < -0.4 is 5.32 Å². The number of carbonyl (C=O) groups excluding carboxylic acids is 2. The second-order valence-corrected chi connectivity index (χ2v) is 8.04. The monoisotopic (exact) mass is 304 g/mol. The van der Waals surface area contributed by atoms with Gasteiger partial charge >= 0.3 is 0 Å². The van der Waals surface area contributed by atoms with Gasteiger partial charge in [0.15, 0.2) is 0 Å². The van der Waals surface area contributed by atoms with Gasteiger partial charge in [-0.3, -0.25) is 9.59 Å². The lowest BCUT2D eigenvalue weighted by molar-refractivity contribution is -0.140. The van der Waals surface area contributed by atoms with Crippen molar-refractivity contribution in [2.24, 2.45) is 17.3 Å². The lowest BCUT2D eigenvalue weighted by atomic mass is 10.1. The summed E-state index contributed by atoms with van der Waals surface area (Å²) >= 11 is 0. The molecule has 1 heterocycles. The van der Waals surface area contributed by atoms with Gasteiger partial charge in [-0.1, -0.05) is 25.5 Å². The van der Waals surface area contributed by atoms with Crippen molar-refractivity contribution < 1.29 is 9.59 Å². The quantitative estimate of drug-likeness (QED) is 0.811. The van der Waals surface area contributed by atoms with E-state index in [4.69, 9.17) is 0 Å². The van der Waals surface area contributed by atoms with Crippen LogP contribution in [0.2, 0.25) is 0 Å². The molecule has 122 valence electrons. The maximum absolute atomic E-state index is 12.9. The van der Waals surface area contributed by atoms with Crippen LogP contribution >= 0.6 is 0 Å². The molecule has 0 bridgehead atoms. The Labute approximate surface area is 133 Å². The molecule has 3 atom stereocenters. The first-order valence-corrected chi connectivity index (χ1v) is 8.58. The van der Waals surface area contributed by atoms with E-state index in [9.17, 15) is 9.59 Å². The van der Waals surface area contributed by atoms with E-state index in [1.807, 2.05) is 4.90 Å². The largest absolute Gasteiger partial charge is 0.352 e. The molecule has 4 nitrogen and oxygen atoms in total. The first-order chi connectivity index (χ1) is 10.3. The number of nitrogens with one attached hydrogen (secondary N) is 1. The summed E-state index contributed by atoms with van der Waals surface area (Å²) in [7, 11) is 0. The minimum Gasteiger partial charge on any atom is -0.352 e. The number of carbonyl (C=O) groups is 2. The van der Waals surface area contributed by atoms with Gasteiger partial charge in [0.1, 0.15) is 6.04 Å². The Morgan fingerprint density at radius 1 is 1.18 bits per heavy atom. The third-order valence-corrected chi connectivity index (χ3v) is 5.45. The number of rotatable bonds is 4. The maximum atomic E-state index is 12.9. The Morgan fingerprint density at radius 2 is 1.86 bits per heavy atom. The molecule has 0 aromatic heterocycles. The van der Waals surface area contributed by atoms with Crippen LogP contribution in [0, 0.1) is 17.3 Å². The first-order valence-electron chi connectivity index (χ1n) is 8.58. The Bertz CT molecular complexity index is 515. The number of hydrogen-bond donors (Lipinski definition) is 1. The van der Waals surface area contributed by atoms with E-state index in [1.165, 1.54) is 5.57 Å². The fourth-order valence-electron chi connectivity index (χ4n) is 3.83. The van der Waals surface area contributed by atoms with Crippen molar-refractivity contribution in [1.82, 2.24) is 10.2 Å². The van der Waals surface area contributed by atoms with E-state index in [0.29, 0.717) is 12.0 Å². The molecule has 3 aliphatic rings. The average molecular weight is 304 g/mol. The molecule has 0 aromatic carbocycles. The van der Waals surface area contributed by atoms with Gasteiger partial charge in [-0.05, 0) is 50.9 Å². The van der Waals surface area contributed by atoms with Gasteiger partial charge in [0, 0.05) is 12.6 Å². The Kier molecular flexibility index (Phi) is 3.82. The van der Waals surface area contributed by atoms with Gasteiger partial charge in [-0.25, -0.2) is 0 Å². The fourth-order valence-corrected chi connectivity index (χ4v) is 3.83.